The molecule has 4 nitrogen and oxygen atoms in total. The maximum absolute atomic E-state index is 13.7. The van der Waals surface area contributed by atoms with Crippen molar-refractivity contribution in [1.29, 1.82) is 0 Å². The van der Waals surface area contributed by atoms with Crippen molar-refractivity contribution in [2.24, 2.45) is 5.73 Å². The van der Waals surface area contributed by atoms with E-state index in [-0.39, 0.29) is 11.9 Å². The van der Waals surface area contributed by atoms with E-state index < -0.39 is 0 Å². The number of hydrogen-bond acceptors (Lipinski definition) is 4. The maximum Gasteiger partial charge on any atom is 0.146 e. The molecule has 1 atom stereocenters. The first-order valence-corrected chi connectivity index (χ1v) is 7.28. The normalized spacial score (nSPS) is 18.2. The second-order valence-electron chi connectivity index (χ2n) is 5.05. The summed E-state index contributed by atoms with van der Waals surface area (Å²) < 4.78 is 19.3. The number of piperazine rings is 1. The minimum Gasteiger partial charge on any atom is -0.376 e. The molecule has 112 valence electrons. The molecule has 1 aliphatic heterocycles. The summed E-state index contributed by atoms with van der Waals surface area (Å²) in [6.07, 6.45) is 0.0972. The molecule has 5 heteroatoms. The molecular formula is C15H24FN3O. The molecule has 1 fully saturated rings. The lowest BCUT2D eigenvalue weighted by atomic mass is 10.2. The number of halogens is 1. The summed E-state index contributed by atoms with van der Waals surface area (Å²) in [6, 6.07) is 6.96. The molecule has 0 spiro atoms. The molecule has 2 N–H and O–H groups in total. The summed E-state index contributed by atoms with van der Waals surface area (Å²) in [6.45, 7) is 7.58. The number of ether oxygens (including phenoxy) is 1. The average Bonchev–Trinajstić information content (AvgIpc) is 2.48. The Morgan fingerprint density at radius 2 is 1.95 bits per heavy atom. The van der Waals surface area contributed by atoms with Gasteiger partial charge >= 0.3 is 0 Å². The fraction of sp³-hybridized carbons (Fsp3) is 0.600. The van der Waals surface area contributed by atoms with Crippen molar-refractivity contribution in [3.8, 4) is 0 Å². The van der Waals surface area contributed by atoms with Crippen molar-refractivity contribution >= 4 is 5.69 Å². The van der Waals surface area contributed by atoms with Crippen LogP contribution in [0.5, 0.6) is 0 Å². The van der Waals surface area contributed by atoms with Gasteiger partial charge in [0.1, 0.15) is 5.82 Å². The van der Waals surface area contributed by atoms with Crippen LogP contribution < -0.4 is 10.6 Å². The van der Waals surface area contributed by atoms with E-state index >= 15 is 0 Å². The minimum absolute atomic E-state index is 0.0972. The first-order valence-electron chi connectivity index (χ1n) is 7.28. The van der Waals surface area contributed by atoms with E-state index in [2.05, 4.69) is 9.80 Å². The lowest BCUT2D eigenvalue weighted by Crippen LogP contribution is -2.50. The van der Waals surface area contributed by atoms with E-state index in [1.54, 1.807) is 6.07 Å². The van der Waals surface area contributed by atoms with Gasteiger partial charge in [0.2, 0.25) is 0 Å². The fourth-order valence-electron chi connectivity index (χ4n) is 2.60. The predicted octanol–water partition coefficient (Wildman–Crippen LogP) is 1.31. The Balaban J connectivity index is 1.85. The topological polar surface area (TPSA) is 41.7 Å². The van der Waals surface area contributed by atoms with Gasteiger partial charge in [0.15, 0.2) is 0 Å². The third-order valence-corrected chi connectivity index (χ3v) is 3.69. The Hall–Kier alpha value is -1.17. The molecule has 1 aromatic rings. The first-order chi connectivity index (χ1) is 9.74. The van der Waals surface area contributed by atoms with Crippen LogP contribution in [0.25, 0.3) is 0 Å². The Labute approximate surface area is 120 Å². The fourth-order valence-corrected chi connectivity index (χ4v) is 2.60. The monoisotopic (exact) mass is 281 g/mol. The molecular weight excluding hydrogens is 257 g/mol. The van der Waals surface area contributed by atoms with Crippen LogP contribution in [0.15, 0.2) is 24.3 Å². The van der Waals surface area contributed by atoms with Crippen molar-refractivity contribution in [2.45, 2.75) is 13.0 Å². The minimum atomic E-state index is -0.143. The van der Waals surface area contributed by atoms with Crippen LogP contribution in [0, 0.1) is 5.82 Å². The summed E-state index contributed by atoms with van der Waals surface area (Å²) in [5.41, 5.74) is 6.40. The molecule has 0 saturated carbocycles. The van der Waals surface area contributed by atoms with Crippen molar-refractivity contribution in [1.82, 2.24) is 4.90 Å². The van der Waals surface area contributed by atoms with E-state index in [4.69, 9.17) is 10.5 Å². The smallest absolute Gasteiger partial charge is 0.146 e. The molecule has 1 heterocycles. The Morgan fingerprint density at radius 3 is 2.55 bits per heavy atom. The summed E-state index contributed by atoms with van der Waals surface area (Å²) in [7, 11) is 0. The van der Waals surface area contributed by atoms with Gasteiger partial charge in [-0.1, -0.05) is 12.1 Å². The highest BCUT2D eigenvalue weighted by Gasteiger charge is 2.21. The van der Waals surface area contributed by atoms with Crippen LogP contribution in [-0.4, -0.2) is 56.9 Å². The number of para-hydroxylation sites is 1. The number of benzene rings is 1. The molecule has 0 radical (unpaired) electrons. The second kappa shape index (κ2) is 7.57. The standard InChI is InChI=1S/C15H24FN3O/c1-2-20-13(11-17)12-18-7-9-19(10-8-18)15-6-4-3-5-14(15)16/h3-6,13H,2,7-12,17H2,1H3. The van der Waals surface area contributed by atoms with Crippen LogP contribution in [0.3, 0.4) is 0 Å². The highest BCUT2D eigenvalue weighted by Crippen LogP contribution is 2.20. The van der Waals surface area contributed by atoms with Crippen molar-refractivity contribution < 1.29 is 9.13 Å². The molecule has 0 aliphatic carbocycles. The van der Waals surface area contributed by atoms with Crippen molar-refractivity contribution in [3.63, 3.8) is 0 Å². The van der Waals surface area contributed by atoms with E-state index in [9.17, 15) is 4.39 Å². The molecule has 1 saturated heterocycles. The zero-order valence-electron chi connectivity index (χ0n) is 12.1. The van der Waals surface area contributed by atoms with Crippen LogP contribution >= 0.6 is 0 Å². The molecule has 1 aromatic carbocycles. The van der Waals surface area contributed by atoms with Gasteiger partial charge in [-0.25, -0.2) is 4.39 Å². The largest absolute Gasteiger partial charge is 0.376 e. The predicted molar refractivity (Wildman–Crippen MR) is 79.5 cm³/mol. The second-order valence-corrected chi connectivity index (χ2v) is 5.05. The number of rotatable bonds is 6. The lowest BCUT2D eigenvalue weighted by molar-refractivity contribution is 0.0379. The molecule has 1 aliphatic rings. The third kappa shape index (κ3) is 3.91. The quantitative estimate of drug-likeness (QED) is 0.854. The van der Waals surface area contributed by atoms with Gasteiger partial charge in [-0.3, -0.25) is 4.90 Å². The highest BCUT2D eigenvalue weighted by molar-refractivity contribution is 5.47. The molecule has 20 heavy (non-hydrogen) atoms. The molecule has 0 amide bonds. The third-order valence-electron chi connectivity index (χ3n) is 3.69. The molecule has 0 aromatic heterocycles. The summed E-state index contributed by atoms with van der Waals surface area (Å²) in [5.74, 6) is -0.143. The Bertz CT molecular complexity index is 408. The van der Waals surface area contributed by atoms with Gasteiger partial charge in [0.25, 0.3) is 0 Å². The van der Waals surface area contributed by atoms with Gasteiger partial charge in [-0.05, 0) is 19.1 Å². The van der Waals surface area contributed by atoms with Crippen LogP contribution in [-0.2, 0) is 4.74 Å². The van der Waals surface area contributed by atoms with E-state index in [0.717, 1.165) is 32.7 Å². The van der Waals surface area contributed by atoms with Gasteiger partial charge in [-0.15, -0.1) is 0 Å². The van der Waals surface area contributed by atoms with E-state index in [1.807, 2.05) is 19.1 Å². The number of nitrogens with two attached hydrogens (primary N) is 1. The number of hydrogen-bond donors (Lipinski definition) is 1. The zero-order chi connectivity index (χ0) is 14.4. The number of nitrogens with zero attached hydrogens (tertiary/aromatic N) is 2. The maximum atomic E-state index is 13.7. The van der Waals surface area contributed by atoms with Gasteiger partial charge < -0.3 is 15.4 Å². The molecule has 1 unspecified atom stereocenters. The van der Waals surface area contributed by atoms with Crippen LogP contribution in [0.2, 0.25) is 0 Å². The molecule has 0 bridgehead atoms. The van der Waals surface area contributed by atoms with Gasteiger partial charge in [-0.2, -0.15) is 0 Å². The van der Waals surface area contributed by atoms with E-state index in [1.165, 1.54) is 6.07 Å². The summed E-state index contributed by atoms with van der Waals surface area (Å²) in [4.78, 5) is 4.44. The van der Waals surface area contributed by atoms with Crippen LogP contribution in [0.1, 0.15) is 6.92 Å². The Morgan fingerprint density at radius 1 is 1.25 bits per heavy atom. The lowest BCUT2D eigenvalue weighted by Gasteiger charge is -2.37. The summed E-state index contributed by atoms with van der Waals surface area (Å²) in [5, 5.41) is 0. The van der Waals surface area contributed by atoms with Gasteiger partial charge in [0.05, 0.1) is 11.8 Å². The van der Waals surface area contributed by atoms with Crippen molar-refractivity contribution in [3.05, 3.63) is 30.1 Å². The zero-order valence-corrected chi connectivity index (χ0v) is 12.1. The summed E-state index contributed by atoms with van der Waals surface area (Å²) >= 11 is 0. The number of anilines is 1. The molecule has 2 rings (SSSR count). The van der Waals surface area contributed by atoms with Crippen molar-refractivity contribution in [2.75, 3.05) is 50.8 Å². The van der Waals surface area contributed by atoms with Gasteiger partial charge in [0, 0.05) is 45.9 Å². The first kappa shape index (κ1) is 15.2. The van der Waals surface area contributed by atoms with Crippen LogP contribution in [0.4, 0.5) is 10.1 Å². The average molecular weight is 281 g/mol. The SMILES string of the molecule is CCOC(CN)CN1CCN(c2ccccc2F)CC1. The van der Waals surface area contributed by atoms with E-state index in [0.29, 0.717) is 18.8 Å². The highest BCUT2D eigenvalue weighted by atomic mass is 19.1. The Kier molecular flexibility index (Phi) is 5.76.